The minimum Gasteiger partial charge on any atom is -0.386 e. The van der Waals surface area contributed by atoms with Crippen LogP contribution >= 0.6 is 0 Å². The molecule has 0 spiro atoms. The Morgan fingerprint density at radius 2 is 2.00 bits per heavy atom. The summed E-state index contributed by atoms with van der Waals surface area (Å²) in [6.07, 6.45) is 8.43. The molecule has 23 heavy (non-hydrogen) atoms. The van der Waals surface area contributed by atoms with Crippen molar-refractivity contribution in [3.63, 3.8) is 0 Å². The van der Waals surface area contributed by atoms with Gasteiger partial charge in [-0.3, -0.25) is 0 Å². The van der Waals surface area contributed by atoms with Crippen LogP contribution in [0.4, 0.5) is 0 Å². The first-order chi connectivity index (χ1) is 10.6. The molecule has 2 heteroatoms. The fraction of sp³-hybridized carbons (Fsp3) is 0.810. The molecule has 0 heterocycles. The molecule has 0 unspecified atom stereocenters. The smallest absolute Gasteiger partial charge is 0.0797 e. The molecule has 0 radical (unpaired) electrons. The first-order valence-electron chi connectivity index (χ1n) is 9.14. The number of hydrogen-bond donors (Lipinski definition) is 1. The molecule has 2 saturated carbocycles. The predicted octanol–water partition coefficient (Wildman–Crippen LogP) is 5.13. The van der Waals surface area contributed by atoms with Gasteiger partial charge in [-0.1, -0.05) is 45.4 Å². The molecule has 0 aromatic carbocycles. The van der Waals surface area contributed by atoms with E-state index in [-0.39, 0.29) is 11.5 Å². The maximum Gasteiger partial charge on any atom is 0.0797 e. The normalized spacial score (nSPS) is 39.4. The molecule has 0 aromatic heterocycles. The molecule has 2 nitrogen and oxygen atoms in total. The molecule has 0 aromatic rings. The quantitative estimate of drug-likeness (QED) is 0.712. The molecule has 2 fully saturated rings. The van der Waals surface area contributed by atoms with E-state index in [9.17, 15) is 5.11 Å². The number of rotatable bonds is 5. The lowest BCUT2D eigenvalue weighted by molar-refractivity contribution is -0.135. The Balaban J connectivity index is 2.31. The Labute approximate surface area is 143 Å². The average Bonchev–Trinajstić information content (AvgIpc) is 2.44. The SMILES string of the molecule is C=C[C@@](C)(O)CC[C@H]1C(=C)C[C@H](OC)[C@H]2C(C)(C)CCC[C@]12C. The van der Waals surface area contributed by atoms with Crippen LogP contribution < -0.4 is 0 Å². The van der Waals surface area contributed by atoms with Crippen molar-refractivity contribution in [3.8, 4) is 0 Å². The van der Waals surface area contributed by atoms with Gasteiger partial charge in [0.2, 0.25) is 0 Å². The molecular weight excluding hydrogens is 284 g/mol. The van der Waals surface area contributed by atoms with Gasteiger partial charge in [-0.25, -0.2) is 0 Å². The van der Waals surface area contributed by atoms with Crippen molar-refractivity contribution in [2.75, 3.05) is 7.11 Å². The molecule has 2 rings (SSSR count). The Morgan fingerprint density at radius 3 is 2.57 bits per heavy atom. The second-order valence-corrected chi connectivity index (χ2v) is 9.11. The summed E-state index contributed by atoms with van der Waals surface area (Å²) < 4.78 is 5.92. The van der Waals surface area contributed by atoms with E-state index in [1.165, 1.54) is 24.8 Å². The maximum atomic E-state index is 10.3. The van der Waals surface area contributed by atoms with Gasteiger partial charge in [0.15, 0.2) is 0 Å². The molecule has 2 aliphatic carbocycles. The van der Waals surface area contributed by atoms with Gasteiger partial charge in [0.25, 0.3) is 0 Å². The maximum absolute atomic E-state index is 10.3. The summed E-state index contributed by atoms with van der Waals surface area (Å²) in [7, 11) is 1.85. The molecule has 0 saturated heterocycles. The summed E-state index contributed by atoms with van der Waals surface area (Å²) in [6, 6.07) is 0. The van der Waals surface area contributed by atoms with Crippen molar-refractivity contribution < 1.29 is 9.84 Å². The van der Waals surface area contributed by atoms with Gasteiger partial charge in [0.1, 0.15) is 0 Å². The van der Waals surface area contributed by atoms with E-state index in [1.807, 2.05) is 14.0 Å². The first-order valence-corrected chi connectivity index (χ1v) is 9.14. The zero-order chi connectivity index (χ0) is 17.5. The first kappa shape index (κ1) is 18.7. The van der Waals surface area contributed by atoms with E-state index >= 15 is 0 Å². The molecule has 0 aliphatic heterocycles. The Morgan fingerprint density at radius 1 is 1.35 bits per heavy atom. The van der Waals surface area contributed by atoms with Crippen molar-refractivity contribution in [2.24, 2.45) is 22.7 Å². The Bertz CT molecular complexity index is 462. The summed E-state index contributed by atoms with van der Waals surface area (Å²) >= 11 is 0. The zero-order valence-electron chi connectivity index (χ0n) is 15.8. The third-order valence-corrected chi connectivity index (χ3v) is 6.89. The molecule has 2 aliphatic rings. The van der Waals surface area contributed by atoms with Crippen molar-refractivity contribution in [1.82, 2.24) is 0 Å². The van der Waals surface area contributed by atoms with Crippen LogP contribution in [0.3, 0.4) is 0 Å². The van der Waals surface area contributed by atoms with E-state index in [0.717, 1.165) is 19.3 Å². The minimum atomic E-state index is -0.783. The molecule has 0 bridgehead atoms. The summed E-state index contributed by atoms with van der Waals surface area (Å²) in [5.41, 5.74) is 1.05. The lowest BCUT2D eigenvalue weighted by atomic mass is 9.46. The zero-order valence-corrected chi connectivity index (χ0v) is 15.8. The highest BCUT2D eigenvalue weighted by Crippen LogP contribution is 2.62. The van der Waals surface area contributed by atoms with E-state index in [1.54, 1.807) is 6.08 Å². The van der Waals surface area contributed by atoms with Crippen molar-refractivity contribution in [3.05, 3.63) is 24.8 Å². The van der Waals surface area contributed by atoms with E-state index < -0.39 is 5.60 Å². The summed E-state index contributed by atoms with van der Waals surface area (Å²) in [5, 5.41) is 10.3. The largest absolute Gasteiger partial charge is 0.386 e. The fourth-order valence-corrected chi connectivity index (χ4v) is 5.72. The minimum absolute atomic E-state index is 0.217. The number of ether oxygens (including phenoxy) is 1. The highest BCUT2D eigenvalue weighted by molar-refractivity contribution is 5.19. The summed E-state index contributed by atoms with van der Waals surface area (Å²) in [4.78, 5) is 0. The molecule has 132 valence electrons. The van der Waals surface area contributed by atoms with E-state index in [2.05, 4.69) is 33.9 Å². The number of fused-ring (bicyclic) bond motifs is 1. The summed E-state index contributed by atoms with van der Waals surface area (Å²) in [6.45, 7) is 17.3. The lowest BCUT2D eigenvalue weighted by Crippen LogP contribution is -2.56. The van der Waals surface area contributed by atoms with E-state index in [0.29, 0.717) is 17.3 Å². The highest BCUT2D eigenvalue weighted by atomic mass is 16.5. The van der Waals surface area contributed by atoms with Crippen LogP contribution in [0, 0.1) is 22.7 Å². The number of aliphatic hydroxyl groups is 1. The van der Waals surface area contributed by atoms with Gasteiger partial charge in [0, 0.05) is 7.11 Å². The van der Waals surface area contributed by atoms with Crippen molar-refractivity contribution >= 4 is 0 Å². The van der Waals surface area contributed by atoms with Crippen LogP contribution in [0.5, 0.6) is 0 Å². The van der Waals surface area contributed by atoms with Crippen LogP contribution in [-0.2, 0) is 4.74 Å². The number of hydrogen-bond acceptors (Lipinski definition) is 2. The molecule has 5 atom stereocenters. The molecule has 1 N–H and O–H groups in total. The third-order valence-electron chi connectivity index (χ3n) is 6.89. The predicted molar refractivity (Wildman–Crippen MR) is 97.3 cm³/mol. The topological polar surface area (TPSA) is 29.5 Å². The van der Waals surface area contributed by atoms with Gasteiger partial charge < -0.3 is 9.84 Å². The van der Waals surface area contributed by atoms with Crippen LogP contribution in [-0.4, -0.2) is 23.9 Å². The van der Waals surface area contributed by atoms with Crippen LogP contribution in [0.25, 0.3) is 0 Å². The summed E-state index contributed by atoms with van der Waals surface area (Å²) in [5.74, 6) is 1.02. The van der Waals surface area contributed by atoms with Crippen molar-refractivity contribution in [2.45, 2.75) is 77.9 Å². The van der Waals surface area contributed by atoms with Gasteiger partial charge >= 0.3 is 0 Å². The highest BCUT2D eigenvalue weighted by Gasteiger charge is 2.56. The second-order valence-electron chi connectivity index (χ2n) is 9.11. The number of methoxy groups -OCH3 is 1. The van der Waals surface area contributed by atoms with Gasteiger partial charge in [-0.15, -0.1) is 6.58 Å². The molecular formula is C21H36O2. The van der Waals surface area contributed by atoms with Gasteiger partial charge in [-0.2, -0.15) is 0 Å². The Hall–Kier alpha value is -0.600. The van der Waals surface area contributed by atoms with Gasteiger partial charge in [0.05, 0.1) is 11.7 Å². The second kappa shape index (κ2) is 6.37. The fourth-order valence-electron chi connectivity index (χ4n) is 5.72. The molecule has 0 amide bonds. The Kier molecular flexibility index (Phi) is 5.19. The van der Waals surface area contributed by atoms with Crippen molar-refractivity contribution in [1.29, 1.82) is 0 Å². The van der Waals surface area contributed by atoms with E-state index in [4.69, 9.17) is 4.74 Å². The van der Waals surface area contributed by atoms with Crippen LogP contribution in [0.1, 0.15) is 66.2 Å². The lowest BCUT2D eigenvalue weighted by Gasteiger charge is -2.60. The monoisotopic (exact) mass is 320 g/mol. The van der Waals surface area contributed by atoms with Gasteiger partial charge in [-0.05, 0) is 61.7 Å². The van der Waals surface area contributed by atoms with Crippen LogP contribution in [0.15, 0.2) is 24.8 Å². The van der Waals surface area contributed by atoms with Crippen LogP contribution in [0.2, 0.25) is 0 Å². The average molecular weight is 321 g/mol. The third kappa shape index (κ3) is 3.44. The standard InChI is InChI=1S/C21H36O2/c1-8-20(5,22)13-10-16-15(2)14-17(23-7)18-19(3,4)11-9-12-21(16,18)6/h8,16-18,22H,1-2,9-14H2,3-7H3/t16-,17-,18-,20+,21+/m0/s1.